The van der Waals surface area contributed by atoms with Crippen LogP contribution in [0.2, 0.25) is 0 Å². The number of likely N-dealkylation sites (tertiary alicyclic amines) is 1. The Labute approximate surface area is 183 Å². The summed E-state index contributed by atoms with van der Waals surface area (Å²) < 4.78 is 0. The molecule has 0 aliphatic carbocycles. The number of carbonyl (C=O) groups excluding carboxylic acids is 2. The lowest BCUT2D eigenvalue weighted by Crippen LogP contribution is -2.51. The van der Waals surface area contributed by atoms with Crippen LogP contribution in [0.15, 0.2) is 54.6 Å². The van der Waals surface area contributed by atoms with Gasteiger partial charge in [-0.25, -0.2) is 0 Å². The van der Waals surface area contributed by atoms with Crippen LogP contribution in [0.1, 0.15) is 41.8 Å². The van der Waals surface area contributed by atoms with Crippen LogP contribution in [0.3, 0.4) is 0 Å². The largest absolute Gasteiger partial charge is 0.341 e. The summed E-state index contributed by atoms with van der Waals surface area (Å²) in [6.45, 7) is 5.22. The van der Waals surface area contributed by atoms with Crippen LogP contribution in [0.25, 0.3) is 0 Å². The Morgan fingerprint density at radius 2 is 1.67 bits per heavy atom. The van der Waals surface area contributed by atoms with Crippen LogP contribution in [0, 0.1) is 12.8 Å². The average Bonchev–Trinajstić information content (AvgIpc) is 3.20. The number of carbonyl (C=O) groups is 2. The number of piperidine rings is 1. The second kappa shape index (κ2) is 9.25. The van der Waals surface area contributed by atoms with Gasteiger partial charge in [-0.1, -0.05) is 60.2 Å². The monoisotopic (exact) mass is 422 g/mol. The van der Waals surface area contributed by atoms with E-state index in [-0.39, 0.29) is 23.2 Å². The molecule has 30 heavy (non-hydrogen) atoms. The molecule has 158 valence electrons. The fourth-order valence-corrected chi connectivity index (χ4v) is 6.06. The molecule has 0 radical (unpaired) electrons. The summed E-state index contributed by atoms with van der Waals surface area (Å²) in [4.78, 5) is 29.6. The summed E-state index contributed by atoms with van der Waals surface area (Å²) in [6.07, 6.45) is 3.14. The van der Waals surface area contributed by atoms with Gasteiger partial charge in [-0.2, -0.15) is 0 Å². The highest BCUT2D eigenvalue weighted by Gasteiger charge is 2.42. The van der Waals surface area contributed by atoms with Gasteiger partial charge >= 0.3 is 0 Å². The molecule has 0 saturated carbocycles. The minimum Gasteiger partial charge on any atom is -0.341 e. The molecule has 2 amide bonds. The van der Waals surface area contributed by atoms with E-state index >= 15 is 0 Å². The molecule has 0 bridgehead atoms. The van der Waals surface area contributed by atoms with Crippen molar-refractivity contribution >= 4 is 23.6 Å². The number of hydrogen-bond acceptors (Lipinski definition) is 3. The Hall–Kier alpha value is -2.27. The third-order valence-corrected chi connectivity index (χ3v) is 7.63. The van der Waals surface area contributed by atoms with Gasteiger partial charge in [0.2, 0.25) is 11.8 Å². The number of thioether (sulfide) groups is 1. The van der Waals surface area contributed by atoms with Crippen molar-refractivity contribution in [1.29, 1.82) is 0 Å². The molecular weight excluding hydrogens is 392 g/mol. The van der Waals surface area contributed by atoms with Crippen LogP contribution >= 0.6 is 11.8 Å². The highest BCUT2D eigenvalue weighted by Crippen LogP contribution is 2.42. The van der Waals surface area contributed by atoms with Gasteiger partial charge in [0.15, 0.2) is 0 Å². The molecule has 0 N–H and O–H groups in total. The molecule has 5 heteroatoms. The summed E-state index contributed by atoms with van der Waals surface area (Å²) in [6, 6.07) is 18.5. The predicted molar refractivity (Wildman–Crippen MR) is 122 cm³/mol. The second-order valence-corrected chi connectivity index (χ2v) is 9.61. The van der Waals surface area contributed by atoms with Crippen molar-refractivity contribution in [1.82, 2.24) is 9.80 Å². The number of benzene rings is 2. The summed E-state index contributed by atoms with van der Waals surface area (Å²) in [5.74, 6) is 1.38. The molecule has 2 aliphatic heterocycles. The number of rotatable bonds is 4. The Morgan fingerprint density at radius 1 is 1.00 bits per heavy atom. The summed E-state index contributed by atoms with van der Waals surface area (Å²) in [5.41, 5.74) is 3.66. The van der Waals surface area contributed by atoms with Crippen molar-refractivity contribution in [2.45, 2.75) is 44.5 Å². The van der Waals surface area contributed by atoms with Gasteiger partial charge in [0.05, 0.1) is 0 Å². The van der Waals surface area contributed by atoms with Crippen molar-refractivity contribution in [3.05, 3.63) is 71.3 Å². The predicted octanol–water partition coefficient (Wildman–Crippen LogP) is 4.44. The zero-order chi connectivity index (χ0) is 21.1. The normalized spacial score (nSPS) is 22.3. The average molecular weight is 423 g/mol. The van der Waals surface area contributed by atoms with E-state index in [0.29, 0.717) is 11.7 Å². The lowest BCUT2D eigenvalue weighted by Gasteiger charge is -2.36. The van der Waals surface area contributed by atoms with Gasteiger partial charge in [0.25, 0.3) is 0 Å². The van der Waals surface area contributed by atoms with E-state index in [0.717, 1.165) is 37.9 Å². The molecule has 2 unspecified atom stereocenters. The molecule has 4 rings (SSSR count). The molecule has 0 aromatic heterocycles. The lowest BCUT2D eigenvalue weighted by atomic mass is 9.90. The first kappa shape index (κ1) is 21.0. The number of nitrogens with zero attached hydrogens (tertiary/aromatic N) is 2. The van der Waals surface area contributed by atoms with Gasteiger partial charge in [-0.3, -0.25) is 9.59 Å². The molecule has 2 atom stereocenters. The molecule has 0 spiro atoms. The highest BCUT2D eigenvalue weighted by molar-refractivity contribution is 7.99. The minimum absolute atomic E-state index is 0.0251. The van der Waals surface area contributed by atoms with Crippen LogP contribution < -0.4 is 0 Å². The van der Waals surface area contributed by atoms with Crippen molar-refractivity contribution in [3.63, 3.8) is 0 Å². The maximum absolute atomic E-state index is 13.3. The Kier molecular flexibility index (Phi) is 6.47. The lowest BCUT2D eigenvalue weighted by molar-refractivity contribution is -0.144. The molecule has 2 heterocycles. The van der Waals surface area contributed by atoms with Gasteiger partial charge in [0, 0.05) is 25.8 Å². The fraction of sp³-hybridized carbons (Fsp3) is 0.440. The van der Waals surface area contributed by atoms with Crippen LogP contribution in [0.5, 0.6) is 0 Å². The Bertz CT molecular complexity index is 876. The quantitative estimate of drug-likeness (QED) is 0.731. The maximum atomic E-state index is 13.3. The summed E-state index contributed by atoms with van der Waals surface area (Å²) in [5, 5.41) is -0.0762. The molecule has 2 aromatic carbocycles. The second-order valence-electron chi connectivity index (χ2n) is 8.50. The molecule has 2 fully saturated rings. The van der Waals surface area contributed by atoms with E-state index in [9.17, 15) is 9.59 Å². The Morgan fingerprint density at radius 3 is 2.30 bits per heavy atom. The molecular formula is C25H30N2O2S. The van der Waals surface area contributed by atoms with E-state index in [1.165, 1.54) is 11.1 Å². The highest BCUT2D eigenvalue weighted by atomic mass is 32.2. The van der Waals surface area contributed by atoms with E-state index in [1.54, 1.807) is 23.6 Å². The third-order valence-electron chi connectivity index (χ3n) is 6.30. The third kappa shape index (κ3) is 4.56. The van der Waals surface area contributed by atoms with Crippen LogP contribution in [-0.2, 0) is 16.0 Å². The Balaban J connectivity index is 1.39. The van der Waals surface area contributed by atoms with E-state index in [1.807, 2.05) is 4.90 Å². The topological polar surface area (TPSA) is 40.6 Å². The van der Waals surface area contributed by atoms with Gasteiger partial charge < -0.3 is 9.80 Å². The molecule has 2 saturated heterocycles. The smallest absolute Gasteiger partial charge is 0.246 e. The van der Waals surface area contributed by atoms with Crippen molar-refractivity contribution in [2.75, 3.05) is 18.8 Å². The standard InChI is InChI=1S/C25H30N2O2S/c1-18-8-10-22(11-9-18)25-27(19(2)28)23(17-30-25)24(29)26-14-12-21(13-15-26)16-20-6-4-3-5-7-20/h3-11,21,23,25H,12-17H2,1-2H3. The van der Waals surface area contributed by atoms with Crippen molar-refractivity contribution in [3.8, 4) is 0 Å². The van der Waals surface area contributed by atoms with E-state index < -0.39 is 0 Å². The first-order chi connectivity index (χ1) is 14.5. The zero-order valence-electron chi connectivity index (χ0n) is 17.8. The molecule has 2 aliphatic rings. The summed E-state index contributed by atoms with van der Waals surface area (Å²) in [7, 11) is 0. The fourth-order valence-electron chi connectivity index (χ4n) is 4.58. The van der Waals surface area contributed by atoms with Gasteiger partial charge in [-0.05, 0) is 43.2 Å². The SMILES string of the molecule is CC(=O)N1C(C(=O)N2CCC(Cc3ccccc3)CC2)CSC1c1ccc(C)cc1. The zero-order valence-corrected chi connectivity index (χ0v) is 18.6. The van der Waals surface area contributed by atoms with Gasteiger partial charge in [-0.15, -0.1) is 11.8 Å². The van der Waals surface area contributed by atoms with Gasteiger partial charge in [0.1, 0.15) is 11.4 Å². The number of aryl methyl sites for hydroxylation is 1. The van der Waals surface area contributed by atoms with E-state index in [2.05, 4.69) is 61.5 Å². The van der Waals surface area contributed by atoms with Crippen LogP contribution in [0.4, 0.5) is 0 Å². The number of amides is 2. The first-order valence-electron chi connectivity index (χ1n) is 10.8. The first-order valence-corrected chi connectivity index (χ1v) is 11.9. The van der Waals surface area contributed by atoms with Crippen LogP contribution in [-0.4, -0.2) is 46.5 Å². The minimum atomic E-state index is -0.357. The summed E-state index contributed by atoms with van der Waals surface area (Å²) >= 11 is 1.70. The van der Waals surface area contributed by atoms with E-state index in [4.69, 9.17) is 0 Å². The molecule has 2 aromatic rings. The maximum Gasteiger partial charge on any atom is 0.246 e. The van der Waals surface area contributed by atoms with Crippen molar-refractivity contribution < 1.29 is 9.59 Å². The number of hydrogen-bond donors (Lipinski definition) is 0. The molecule has 4 nitrogen and oxygen atoms in total. The van der Waals surface area contributed by atoms with Crippen molar-refractivity contribution in [2.24, 2.45) is 5.92 Å².